The minimum Gasteiger partial charge on any atom is -0.495 e. The van der Waals surface area contributed by atoms with Crippen LogP contribution in [0.3, 0.4) is 0 Å². The van der Waals surface area contributed by atoms with Gasteiger partial charge in [0, 0.05) is 0 Å². The van der Waals surface area contributed by atoms with Crippen LogP contribution in [0, 0.1) is 12.3 Å². The summed E-state index contributed by atoms with van der Waals surface area (Å²) in [5.74, 6) is -1.05. The number of ether oxygens (including phenoxy) is 1. The third-order valence-electron chi connectivity index (χ3n) is 2.99. The molecule has 7 heteroatoms. The first-order valence-electron chi connectivity index (χ1n) is 6.39. The number of nitrogens with one attached hydrogen (secondary N) is 1. The molecule has 0 bridgehead atoms. The molecule has 0 aliphatic rings. The molecule has 6 nitrogen and oxygen atoms in total. The monoisotopic (exact) mass is 315 g/mol. The van der Waals surface area contributed by atoms with Gasteiger partial charge >= 0.3 is 5.97 Å². The van der Waals surface area contributed by atoms with Gasteiger partial charge < -0.3 is 9.84 Å². The zero-order valence-electron chi connectivity index (χ0n) is 12.8. The second-order valence-corrected chi connectivity index (χ2v) is 7.60. The number of benzene rings is 1. The minimum absolute atomic E-state index is 0.0690. The van der Waals surface area contributed by atoms with Crippen LogP contribution in [0.25, 0.3) is 0 Å². The summed E-state index contributed by atoms with van der Waals surface area (Å²) in [5.41, 5.74) is -0.0329. The molecule has 0 radical (unpaired) electrons. The predicted octanol–water partition coefficient (Wildman–Crippen LogP) is 1.78. The Kier molecular flexibility index (Phi) is 5.01. The van der Waals surface area contributed by atoms with Crippen molar-refractivity contribution in [3.63, 3.8) is 0 Å². The molecule has 0 aromatic heterocycles. The Balaban J connectivity index is 3.29. The summed E-state index contributed by atoms with van der Waals surface area (Å²) in [7, 11) is -2.65. The molecule has 1 rings (SSSR count). The highest BCUT2D eigenvalue weighted by Gasteiger charge is 2.36. The van der Waals surface area contributed by atoms with Crippen LogP contribution in [-0.4, -0.2) is 32.6 Å². The molecule has 0 aliphatic carbocycles. The van der Waals surface area contributed by atoms with Gasteiger partial charge in [-0.25, -0.2) is 8.42 Å². The Morgan fingerprint density at radius 2 is 1.90 bits per heavy atom. The number of hydrogen-bond acceptors (Lipinski definition) is 4. The van der Waals surface area contributed by atoms with Crippen molar-refractivity contribution in [1.82, 2.24) is 4.72 Å². The van der Waals surface area contributed by atoms with Gasteiger partial charge in [0.15, 0.2) is 0 Å². The quantitative estimate of drug-likeness (QED) is 0.864. The van der Waals surface area contributed by atoms with Gasteiger partial charge in [0.1, 0.15) is 16.7 Å². The normalized spacial score (nSPS) is 13.8. The Labute approximate surface area is 125 Å². The molecular weight excluding hydrogens is 294 g/mol. The topological polar surface area (TPSA) is 92.7 Å². The van der Waals surface area contributed by atoms with Crippen LogP contribution < -0.4 is 9.46 Å². The molecule has 0 saturated heterocycles. The largest absolute Gasteiger partial charge is 0.495 e. The summed E-state index contributed by atoms with van der Waals surface area (Å²) in [6.45, 7) is 6.71. The van der Waals surface area contributed by atoms with Crippen molar-refractivity contribution in [1.29, 1.82) is 0 Å². The van der Waals surface area contributed by atoms with Gasteiger partial charge in [0.2, 0.25) is 10.0 Å². The van der Waals surface area contributed by atoms with Crippen LogP contribution in [0.2, 0.25) is 0 Å². The number of hydrogen-bond donors (Lipinski definition) is 2. The second-order valence-electron chi connectivity index (χ2n) is 5.91. The Morgan fingerprint density at radius 1 is 1.33 bits per heavy atom. The van der Waals surface area contributed by atoms with Gasteiger partial charge in [-0.1, -0.05) is 26.8 Å². The van der Waals surface area contributed by atoms with E-state index in [1.165, 1.54) is 19.2 Å². The summed E-state index contributed by atoms with van der Waals surface area (Å²) < 4.78 is 32.2. The molecule has 0 aliphatic heterocycles. The first-order valence-corrected chi connectivity index (χ1v) is 7.87. The number of methoxy groups -OCH3 is 1. The average Bonchev–Trinajstić information content (AvgIpc) is 2.34. The molecule has 0 fully saturated rings. The Morgan fingerprint density at radius 3 is 2.33 bits per heavy atom. The number of aryl methyl sites for hydroxylation is 1. The number of aliphatic carboxylic acids is 1. The zero-order valence-corrected chi connectivity index (χ0v) is 13.6. The maximum Gasteiger partial charge on any atom is 0.322 e. The fourth-order valence-corrected chi connectivity index (χ4v) is 3.46. The lowest BCUT2D eigenvalue weighted by atomic mass is 9.88. The first-order chi connectivity index (χ1) is 9.49. The summed E-state index contributed by atoms with van der Waals surface area (Å²) in [6, 6.07) is 3.46. The standard InChI is InChI=1S/C14H21NO5S/c1-9-6-7-10(20-5)11(8-9)21(18,19)15-12(13(16)17)14(2,3)4/h6-8,12,15H,1-5H3,(H,16,17)/t12-/m0/s1. The van der Waals surface area contributed by atoms with Crippen LogP contribution in [-0.2, 0) is 14.8 Å². The smallest absolute Gasteiger partial charge is 0.322 e. The highest BCUT2D eigenvalue weighted by atomic mass is 32.2. The number of sulfonamides is 1. The molecule has 2 N–H and O–H groups in total. The van der Waals surface area contributed by atoms with Crippen molar-refractivity contribution in [2.24, 2.45) is 5.41 Å². The molecule has 1 aromatic rings. The van der Waals surface area contributed by atoms with Crippen LogP contribution in [0.15, 0.2) is 23.1 Å². The predicted molar refractivity (Wildman–Crippen MR) is 78.9 cm³/mol. The van der Waals surface area contributed by atoms with Crippen molar-refractivity contribution >= 4 is 16.0 Å². The van der Waals surface area contributed by atoms with Gasteiger partial charge in [-0.15, -0.1) is 0 Å². The summed E-state index contributed by atoms with van der Waals surface area (Å²) >= 11 is 0. The third-order valence-corrected chi connectivity index (χ3v) is 4.44. The molecule has 21 heavy (non-hydrogen) atoms. The molecule has 1 aromatic carbocycles. The molecular formula is C14H21NO5S. The maximum absolute atomic E-state index is 12.5. The van der Waals surface area contributed by atoms with E-state index in [9.17, 15) is 18.3 Å². The van der Waals surface area contributed by atoms with E-state index in [1.54, 1.807) is 33.8 Å². The molecule has 118 valence electrons. The molecule has 0 amide bonds. The van der Waals surface area contributed by atoms with Crippen LogP contribution in [0.5, 0.6) is 5.75 Å². The van der Waals surface area contributed by atoms with E-state index >= 15 is 0 Å². The highest BCUT2D eigenvalue weighted by Crippen LogP contribution is 2.27. The SMILES string of the molecule is COc1ccc(C)cc1S(=O)(=O)N[C@@H](C(=O)O)C(C)(C)C. The fourth-order valence-electron chi connectivity index (χ4n) is 1.81. The van der Waals surface area contributed by atoms with E-state index in [2.05, 4.69) is 4.72 Å². The van der Waals surface area contributed by atoms with Gasteiger partial charge in [-0.05, 0) is 30.0 Å². The van der Waals surface area contributed by atoms with Crippen LogP contribution in [0.1, 0.15) is 26.3 Å². The summed E-state index contributed by atoms with van der Waals surface area (Å²) in [6.07, 6.45) is 0. The summed E-state index contributed by atoms with van der Waals surface area (Å²) in [5, 5.41) is 9.24. The fraction of sp³-hybridized carbons (Fsp3) is 0.500. The number of carboxylic acid groups (broad SMARTS) is 1. The van der Waals surface area contributed by atoms with Crippen molar-refractivity contribution < 1.29 is 23.1 Å². The average molecular weight is 315 g/mol. The van der Waals surface area contributed by atoms with Crippen molar-refractivity contribution in [2.45, 2.75) is 38.6 Å². The molecule has 1 atom stereocenters. The van der Waals surface area contributed by atoms with E-state index in [0.717, 1.165) is 5.56 Å². The van der Waals surface area contributed by atoms with E-state index in [-0.39, 0.29) is 10.6 Å². The van der Waals surface area contributed by atoms with Crippen LogP contribution in [0.4, 0.5) is 0 Å². The number of carboxylic acids is 1. The van der Waals surface area contributed by atoms with Gasteiger partial charge in [-0.3, -0.25) is 4.79 Å². The lowest BCUT2D eigenvalue weighted by Crippen LogP contribution is -2.49. The maximum atomic E-state index is 12.5. The number of carbonyl (C=O) groups is 1. The van der Waals surface area contributed by atoms with Crippen molar-refractivity contribution in [3.05, 3.63) is 23.8 Å². The first kappa shape index (κ1) is 17.5. The molecule has 0 heterocycles. The molecule has 0 spiro atoms. The molecule has 0 unspecified atom stereocenters. The highest BCUT2D eigenvalue weighted by molar-refractivity contribution is 7.89. The van der Waals surface area contributed by atoms with Crippen LogP contribution >= 0.6 is 0 Å². The molecule has 0 saturated carbocycles. The Bertz CT molecular complexity index is 631. The van der Waals surface area contributed by atoms with E-state index in [0.29, 0.717) is 0 Å². The zero-order chi connectivity index (χ0) is 16.4. The van der Waals surface area contributed by atoms with Crippen molar-refractivity contribution in [2.75, 3.05) is 7.11 Å². The number of rotatable bonds is 5. The second kappa shape index (κ2) is 6.03. The van der Waals surface area contributed by atoms with Gasteiger partial charge in [-0.2, -0.15) is 4.72 Å². The van der Waals surface area contributed by atoms with E-state index in [1.807, 2.05) is 0 Å². The Hall–Kier alpha value is -1.60. The summed E-state index contributed by atoms with van der Waals surface area (Å²) in [4.78, 5) is 11.2. The lowest BCUT2D eigenvalue weighted by molar-refractivity contribution is -0.141. The minimum atomic E-state index is -4.01. The lowest BCUT2D eigenvalue weighted by Gasteiger charge is -2.27. The van der Waals surface area contributed by atoms with Gasteiger partial charge in [0.25, 0.3) is 0 Å². The van der Waals surface area contributed by atoms with Gasteiger partial charge in [0.05, 0.1) is 7.11 Å². The van der Waals surface area contributed by atoms with Crippen molar-refractivity contribution in [3.8, 4) is 5.75 Å². The van der Waals surface area contributed by atoms with E-state index < -0.39 is 27.4 Å². The third kappa shape index (κ3) is 4.18. The van der Waals surface area contributed by atoms with E-state index in [4.69, 9.17) is 4.74 Å².